The van der Waals surface area contributed by atoms with Crippen molar-refractivity contribution in [3.63, 3.8) is 0 Å². The Morgan fingerprint density at radius 3 is 2.23 bits per heavy atom. The maximum Gasteiger partial charge on any atom is 0.309 e. The predicted octanol–water partition coefficient (Wildman–Crippen LogP) is 5.19. The molecule has 3 aliphatic rings. The summed E-state index contributed by atoms with van der Waals surface area (Å²) < 4.78 is 29.5. The van der Waals surface area contributed by atoms with Crippen LogP contribution in [-0.2, 0) is 42.9 Å². The molecule has 0 bridgehead atoms. The van der Waals surface area contributed by atoms with Crippen molar-refractivity contribution >= 4 is 23.9 Å². The summed E-state index contributed by atoms with van der Waals surface area (Å²) >= 11 is 0. The van der Waals surface area contributed by atoms with Crippen molar-refractivity contribution in [3.05, 3.63) is 36.0 Å². The molecule has 0 radical (unpaired) electrons. The second-order valence-corrected chi connectivity index (χ2v) is 11.7. The zero-order valence-electron chi connectivity index (χ0n) is 25.0. The van der Waals surface area contributed by atoms with E-state index < -0.39 is 53.5 Å². The van der Waals surface area contributed by atoms with E-state index in [9.17, 15) is 19.2 Å². The Bertz CT molecular complexity index is 1090. The van der Waals surface area contributed by atoms with Gasteiger partial charge in [-0.3, -0.25) is 23.9 Å². The van der Waals surface area contributed by atoms with Crippen LogP contribution < -0.4 is 0 Å². The monoisotopic (exact) mass is 560 g/mol. The number of rotatable bonds is 9. The van der Waals surface area contributed by atoms with Gasteiger partial charge in [-0.25, -0.2) is 0 Å². The minimum Gasteiger partial charge on any atom is -0.461 e. The van der Waals surface area contributed by atoms with Gasteiger partial charge in [-0.05, 0) is 55.9 Å². The average Bonchev–Trinajstić information content (AvgIpc) is 3.16. The maximum absolute atomic E-state index is 12.9. The average molecular weight is 561 g/mol. The number of carbonyl (C=O) groups excluding carboxylic acids is 4. The Kier molecular flexibility index (Phi) is 9.70. The summed E-state index contributed by atoms with van der Waals surface area (Å²) in [5.41, 5.74) is -0.128. The highest BCUT2D eigenvalue weighted by Gasteiger charge is 2.72. The van der Waals surface area contributed by atoms with Crippen LogP contribution in [0.4, 0.5) is 0 Å². The van der Waals surface area contributed by atoms with Crippen LogP contribution in [0.25, 0.3) is 0 Å². The molecule has 1 heterocycles. The van der Waals surface area contributed by atoms with Gasteiger partial charge in [0.15, 0.2) is 0 Å². The summed E-state index contributed by atoms with van der Waals surface area (Å²) in [6.45, 7) is 17.7. The van der Waals surface area contributed by atoms with Gasteiger partial charge in [0.25, 0.3) is 0 Å². The van der Waals surface area contributed by atoms with E-state index in [1.807, 2.05) is 20.8 Å². The van der Waals surface area contributed by atoms with Crippen LogP contribution in [0.15, 0.2) is 36.0 Å². The SMILES string of the molecule is C=C/C(C)=C/C[C@]1(C)[C@H](C)C[C@H](OC(C)=O)[C@@]23C(=C[C@H](OC(=O)[C@H](C)CC)C[C@@H]12)[C@@H](OC(C)=O)O[C@H]3OC(C)=O. The van der Waals surface area contributed by atoms with Crippen molar-refractivity contribution in [1.82, 2.24) is 0 Å². The van der Waals surface area contributed by atoms with Crippen LogP contribution in [0.1, 0.15) is 81.1 Å². The third-order valence-electron chi connectivity index (χ3n) is 9.15. The number of carbonyl (C=O) groups is 4. The molecule has 1 saturated carbocycles. The molecular formula is C31H44O9. The Morgan fingerprint density at radius 1 is 1.05 bits per heavy atom. The second-order valence-electron chi connectivity index (χ2n) is 11.7. The van der Waals surface area contributed by atoms with Crippen LogP contribution in [0.3, 0.4) is 0 Å². The molecule has 0 N–H and O–H groups in total. The molecule has 0 aromatic rings. The number of esters is 4. The highest BCUT2D eigenvalue weighted by atomic mass is 16.8. The normalized spacial score (nSPS) is 35.8. The fourth-order valence-electron chi connectivity index (χ4n) is 6.61. The largest absolute Gasteiger partial charge is 0.461 e. The summed E-state index contributed by atoms with van der Waals surface area (Å²) in [6, 6.07) is 0. The lowest BCUT2D eigenvalue weighted by molar-refractivity contribution is -0.257. The van der Waals surface area contributed by atoms with E-state index in [1.54, 1.807) is 12.2 Å². The Balaban J connectivity index is 2.30. The lowest BCUT2D eigenvalue weighted by Gasteiger charge is -2.60. The quantitative estimate of drug-likeness (QED) is 0.163. The molecule has 0 aromatic heterocycles. The molecule has 1 spiro atoms. The fraction of sp³-hybridized carbons (Fsp3) is 0.677. The summed E-state index contributed by atoms with van der Waals surface area (Å²) in [5, 5.41) is 0. The minimum atomic E-state index is -1.21. The first-order valence-corrected chi connectivity index (χ1v) is 14.1. The predicted molar refractivity (Wildman–Crippen MR) is 146 cm³/mol. The molecule has 0 aromatic carbocycles. The van der Waals surface area contributed by atoms with E-state index in [-0.39, 0.29) is 23.7 Å². The molecule has 9 nitrogen and oxygen atoms in total. The molecule has 9 heteroatoms. The standard InChI is InChI=1S/C31H44O9/c1-10-17(3)12-13-30(9)19(5)14-26(36-20(6)32)31-24(28(37-21(7)33)40-29(31)38-22(8)34)15-23(16-25(30)31)39-27(35)18(4)11-2/h10,12,15,18-19,23,25-26,28-29H,1,11,13-14,16H2,2-9H3/b17-12+/t18-,19-,23+,25+,26+,28+,29-,30-,31-/m1/s1. The van der Waals surface area contributed by atoms with E-state index in [1.165, 1.54) is 20.8 Å². The van der Waals surface area contributed by atoms with E-state index in [0.717, 1.165) is 5.57 Å². The summed E-state index contributed by atoms with van der Waals surface area (Å²) in [5.74, 6) is -2.62. The minimum absolute atomic E-state index is 0.0392. The topological polar surface area (TPSA) is 114 Å². The van der Waals surface area contributed by atoms with Crippen molar-refractivity contribution in [2.45, 2.75) is 106 Å². The second kappa shape index (κ2) is 12.3. The van der Waals surface area contributed by atoms with Crippen molar-refractivity contribution in [3.8, 4) is 0 Å². The first-order valence-electron chi connectivity index (χ1n) is 14.1. The van der Waals surface area contributed by atoms with Crippen molar-refractivity contribution < 1.29 is 42.9 Å². The summed E-state index contributed by atoms with van der Waals surface area (Å²) in [7, 11) is 0. The van der Waals surface area contributed by atoms with E-state index in [0.29, 0.717) is 31.3 Å². The van der Waals surface area contributed by atoms with Crippen LogP contribution in [0.5, 0.6) is 0 Å². The van der Waals surface area contributed by atoms with Crippen LogP contribution >= 0.6 is 0 Å². The first-order chi connectivity index (χ1) is 18.7. The lowest BCUT2D eigenvalue weighted by Crippen LogP contribution is -2.64. The smallest absolute Gasteiger partial charge is 0.309 e. The van der Waals surface area contributed by atoms with E-state index in [4.69, 9.17) is 23.7 Å². The van der Waals surface area contributed by atoms with Gasteiger partial charge in [0, 0.05) is 26.3 Å². The molecule has 2 aliphatic carbocycles. The number of ether oxygens (including phenoxy) is 5. The summed E-state index contributed by atoms with van der Waals surface area (Å²) in [6.07, 6.45) is 3.92. The van der Waals surface area contributed by atoms with Gasteiger partial charge in [0.2, 0.25) is 12.6 Å². The van der Waals surface area contributed by atoms with Gasteiger partial charge in [-0.1, -0.05) is 52.0 Å². The highest BCUT2D eigenvalue weighted by molar-refractivity contribution is 5.72. The Morgan fingerprint density at radius 2 is 1.68 bits per heavy atom. The number of hydrogen-bond donors (Lipinski definition) is 0. The first kappa shape index (κ1) is 31.6. The van der Waals surface area contributed by atoms with Crippen LogP contribution in [0, 0.1) is 28.6 Å². The molecule has 0 unspecified atom stereocenters. The molecule has 9 atom stereocenters. The molecule has 222 valence electrons. The van der Waals surface area contributed by atoms with Gasteiger partial charge in [-0.2, -0.15) is 0 Å². The van der Waals surface area contributed by atoms with Crippen LogP contribution in [-0.4, -0.2) is 48.7 Å². The molecular weight excluding hydrogens is 516 g/mol. The van der Waals surface area contributed by atoms with Crippen molar-refractivity contribution in [2.24, 2.45) is 28.6 Å². The number of allylic oxidation sites excluding steroid dienone is 3. The van der Waals surface area contributed by atoms with Gasteiger partial charge >= 0.3 is 23.9 Å². The molecule has 1 saturated heterocycles. The number of hydrogen-bond acceptors (Lipinski definition) is 9. The summed E-state index contributed by atoms with van der Waals surface area (Å²) in [4.78, 5) is 49.9. The van der Waals surface area contributed by atoms with Crippen LogP contribution in [0.2, 0.25) is 0 Å². The zero-order valence-corrected chi connectivity index (χ0v) is 25.0. The molecule has 40 heavy (non-hydrogen) atoms. The van der Waals surface area contributed by atoms with Crippen molar-refractivity contribution in [1.29, 1.82) is 0 Å². The molecule has 0 amide bonds. The molecule has 2 fully saturated rings. The fourth-order valence-corrected chi connectivity index (χ4v) is 6.61. The van der Waals surface area contributed by atoms with Gasteiger partial charge in [-0.15, -0.1) is 0 Å². The highest BCUT2D eigenvalue weighted by Crippen LogP contribution is 2.67. The maximum atomic E-state index is 12.9. The molecule has 1 aliphatic heterocycles. The van der Waals surface area contributed by atoms with Gasteiger partial charge in [0.1, 0.15) is 17.6 Å². The Hall–Kier alpha value is -2.94. The third kappa shape index (κ3) is 5.90. The van der Waals surface area contributed by atoms with Gasteiger partial charge < -0.3 is 18.9 Å². The van der Waals surface area contributed by atoms with Gasteiger partial charge in [0.05, 0.1) is 5.92 Å². The van der Waals surface area contributed by atoms with E-state index >= 15 is 0 Å². The zero-order chi connectivity index (χ0) is 30.0. The lowest BCUT2D eigenvalue weighted by atomic mass is 9.45. The molecule has 3 rings (SSSR count). The van der Waals surface area contributed by atoms with E-state index in [2.05, 4.69) is 26.5 Å². The Labute approximate surface area is 237 Å². The third-order valence-corrected chi connectivity index (χ3v) is 9.15. The van der Waals surface area contributed by atoms with Crippen molar-refractivity contribution in [2.75, 3.05) is 0 Å².